The predicted octanol–water partition coefficient (Wildman–Crippen LogP) is 3.49. The van der Waals surface area contributed by atoms with Gasteiger partial charge in [0.25, 0.3) is 0 Å². The lowest BCUT2D eigenvalue weighted by Gasteiger charge is -2.10. The third-order valence-corrected chi connectivity index (χ3v) is 2.39. The van der Waals surface area contributed by atoms with Crippen LogP contribution < -0.4 is 10.5 Å². The number of alkyl halides is 3. The number of aryl methyl sites for hydroxylation is 2. The Bertz CT molecular complexity index is 621. The smallest absolute Gasteiger partial charge is 0.439 e. The molecule has 7 heteroatoms. The van der Waals surface area contributed by atoms with Gasteiger partial charge in [-0.2, -0.15) is 18.2 Å². The van der Waals surface area contributed by atoms with Gasteiger partial charge in [0.05, 0.1) is 0 Å². The molecule has 0 atom stereocenters. The second-order valence-corrected chi connectivity index (χ2v) is 4.38. The quantitative estimate of drug-likeness (QED) is 0.916. The largest absolute Gasteiger partial charge is 0.451 e. The van der Waals surface area contributed by atoms with Crippen LogP contribution in [0, 0.1) is 13.8 Å². The molecule has 20 heavy (non-hydrogen) atoms. The average Bonchev–Trinajstić information content (AvgIpc) is 2.25. The molecule has 2 rings (SSSR count). The van der Waals surface area contributed by atoms with Gasteiger partial charge in [0, 0.05) is 6.07 Å². The van der Waals surface area contributed by atoms with Crippen LogP contribution in [0.3, 0.4) is 0 Å². The SMILES string of the molecule is Cc1cc(C)cc(Oc2cc(N)nc(C(F)(F)F)n2)c1. The molecule has 0 fully saturated rings. The number of nitrogens with zero attached hydrogens (tertiary/aromatic N) is 2. The van der Waals surface area contributed by atoms with Gasteiger partial charge in [-0.15, -0.1) is 0 Å². The van der Waals surface area contributed by atoms with Crippen molar-refractivity contribution in [3.8, 4) is 11.6 Å². The van der Waals surface area contributed by atoms with Gasteiger partial charge < -0.3 is 10.5 Å². The number of benzene rings is 1. The number of hydrogen-bond donors (Lipinski definition) is 1. The van der Waals surface area contributed by atoms with E-state index in [0.717, 1.165) is 17.2 Å². The van der Waals surface area contributed by atoms with Crippen LogP contribution in [0.4, 0.5) is 19.0 Å². The molecule has 0 spiro atoms. The zero-order chi connectivity index (χ0) is 14.9. The molecule has 1 aromatic heterocycles. The zero-order valence-corrected chi connectivity index (χ0v) is 10.8. The third-order valence-electron chi connectivity index (χ3n) is 2.39. The highest BCUT2D eigenvalue weighted by atomic mass is 19.4. The Labute approximate surface area is 113 Å². The van der Waals surface area contributed by atoms with Gasteiger partial charge in [-0.25, -0.2) is 4.98 Å². The Balaban J connectivity index is 2.36. The maximum atomic E-state index is 12.6. The van der Waals surface area contributed by atoms with Crippen molar-refractivity contribution in [3.63, 3.8) is 0 Å². The topological polar surface area (TPSA) is 61.0 Å². The summed E-state index contributed by atoms with van der Waals surface area (Å²) in [5.74, 6) is -1.47. The summed E-state index contributed by atoms with van der Waals surface area (Å²) in [6.45, 7) is 3.71. The Hall–Kier alpha value is -2.31. The maximum Gasteiger partial charge on any atom is 0.451 e. The summed E-state index contributed by atoms with van der Waals surface area (Å²) >= 11 is 0. The summed E-state index contributed by atoms with van der Waals surface area (Å²) in [7, 11) is 0. The number of nitrogen functional groups attached to an aromatic ring is 1. The summed E-state index contributed by atoms with van der Waals surface area (Å²) in [4.78, 5) is 6.46. The minimum atomic E-state index is -4.67. The Kier molecular flexibility index (Phi) is 3.52. The maximum absolute atomic E-state index is 12.6. The van der Waals surface area contributed by atoms with Gasteiger partial charge in [-0.05, 0) is 37.1 Å². The van der Waals surface area contributed by atoms with Gasteiger partial charge in [-0.1, -0.05) is 6.07 Å². The van der Waals surface area contributed by atoms with Crippen LogP contribution >= 0.6 is 0 Å². The molecular weight excluding hydrogens is 271 g/mol. The van der Waals surface area contributed by atoms with Gasteiger partial charge >= 0.3 is 6.18 Å². The first-order valence-electron chi connectivity index (χ1n) is 5.72. The summed E-state index contributed by atoms with van der Waals surface area (Å²) in [6.07, 6.45) is -4.67. The Morgan fingerprint density at radius 1 is 1.00 bits per heavy atom. The molecule has 1 aromatic carbocycles. The fourth-order valence-electron chi connectivity index (χ4n) is 1.73. The van der Waals surface area contributed by atoms with E-state index in [0.29, 0.717) is 5.75 Å². The van der Waals surface area contributed by atoms with E-state index in [-0.39, 0.29) is 11.7 Å². The molecule has 0 saturated carbocycles. The van der Waals surface area contributed by atoms with Crippen LogP contribution in [0.1, 0.15) is 17.0 Å². The monoisotopic (exact) mass is 283 g/mol. The first kappa shape index (κ1) is 14.1. The second kappa shape index (κ2) is 4.99. The number of ether oxygens (including phenoxy) is 1. The van der Waals surface area contributed by atoms with Gasteiger partial charge in [0.15, 0.2) is 0 Å². The molecule has 4 nitrogen and oxygen atoms in total. The molecule has 1 heterocycles. The van der Waals surface area contributed by atoms with Crippen molar-refractivity contribution in [2.75, 3.05) is 5.73 Å². The molecule has 0 amide bonds. The fraction of sp³-hybridized carbons (Fsp3) is 0.231. The first-order chi connectivity index (χ1) is 9.24. The van der Waals surface area contributed by atoms with Gasteiger partial charge in [0.1, 0.15) is 11.6 Å². The normalized spacial score (nSPS) is 11.4. The molecule has 2 aromatic rings. The van der Waals surface area contributed by atoms with Crippen LogP contribution in [0.2, 0.25) is 0 Å². The summed E-state index contributed by atoms with van der Waals surface area (Å²) < 4.78 is 43.1. The van der Waals surface area contributed by atoms with Crippen LogP contribution in [-0.2, 0) is 6.18 Å². The van der Waals surface area contributed by atoms with Crippen LogP contribution in [0.15, 0.2) is 24.3 Å². The molecule has 0 aliphatic rings. The van der Waals surface area contributed by atoms with Gasteiger partial charge in [-0.3, -0.25) is 0 Å². The zero-order valence-electron chi connectivity index (χ0n) is 10.8. The molecule has 2 N–H and O–H groups in total. The second-order valence-electron chi connectivity index (χ2n) is 4.38. The molecule has 0 bridgehead atoms. The fourth-order valence-corrected chi connectivity index (χ4v) is 1.73. The molecule has 0 aliphatic carbocycles. The summed E-state index contributed by atoms with van der Waals surface area (Å²) in [5, 5.41) is 0. The number of rotatable bonds is 2. The molecular formula is C13H12F3N3O. The molecule has 0 aliphatic heterocycles. The van der Waals surface area contributed by atoms with Crippen molar-refractivity contribution in [2.24, 2.45) is 0 Å². The van der Waals surface area contributed by atoms with E-state index < -0.39 is 12.0 Å². The number of anilines is 1. The third kappa shape index (κ3) is 3.37. The standard InChI is InChI=1S/C13H12F3N3O/c1-7-3-8(2)5-9(4-7)20-11-6-10(17)18-12(19-11)13(14,15)16/h3-6H,1-2H3,(H2,17,18,19). The lowest BCUT2D eigenvalue weighted by Crippen LogP contribution is -2.12. The van der Waals surface area contributed by atoms with E-state index in [2.05, 4.69) is 9.97 Å². The number of nitrogens with two attached hydrogens (primary N) is 1. The van der Waals surface area contributed by atoms with Crippen molar-refractivity contribution in [1.29, 1.82) is 0 Å². The van der Waals surface area contributed by atoms with E-state index in [1.807, 2.05) is 19.9 Å². The van der Waals surface area contributed by atoms with Crippen LogP contribution in [0.25, 0.3) is 0 Å². The molecule has 0 radical (unpaired) electrons. The molecule has 0 unspecified atom stereocenters. The predicted molar refractivity (Wildman–Crippen MR) is 67.4 cm³/mol. The first-order valence-corrected chi connectivity index (χ1v) is 5.72. The van der Waals surface area contributed by atoms with E-state index in [1.54, 1.807) is 12.1 Å². The van der Waals surface area contributed by atoms with Crippen molar-refractivity contribution in [1.82, 2.24) is 9.97 Å². The lowest BCUT2D eigenvalue weighted by molar-refractivity contribution is -0.145. The molecule has 0 saturated heterocycles. The van der Waals surface area contributed by atoms with Crippen molar-refractivity contribution in [2.45, 2.75) is 20.0 Å². The van der Waals surface area contributed by atoms with E-state index >= 15 is 0 Å². The Morgan fingerprint density at radius 2 is 1.60 bits per heavy atom. The van der Waals surface area contributed by atoms with E-state index in [1.165, 1.54) is 0 Å². The van der Waals surface area contributed by atoms with Crippen molar-refractivity contribution >= 4 is 5.82 Å². The number of hydrogen-bond acceptors (Lipinski definition) is 4. The van der Waals surface area contributed by atoms with Crippen molar-refractivity contribution < 1.29 is 17.9 Å². The van der Waals surface area contributed by atoms with Crippen LogP contribution in [0.5, 0.6) is 11.6 Å². The highest BCUT2D eigenvalue weighted by Gasteiger charge is 2.35. The van der Waals surface area contributed by atoms with Crippen LogP contribution in [-0.4, -0.2) is 9.97 Å². The van der Waals surface area contributed by atoms with E-state index in [9.17, 15) is 13.2 Å². The Morgan fingerprint density at radius 3 is 2.15 bits per heavy atom. The summed E-state index contributed by atoms with van der Waals surface area (Å²) in [6, 6.07) is 6.45. The number of halogens is 3. The average molecular weight is 283 g/mol. The van der Waals surface area contributed by atoms with E-state index in [4.69, 9.17) is 10.5 Å². The number of aromatic nitrogens is 2. The van der Waals surface area contributed by atoms with Crippen molar-refractivity contribution in [3.05, 3.63) is 41.2 Å². The highest BCUT2D eigenvalue weighted by molar-refractivity contribution is 5.38. The van der Waals surface area contributed by atoms with Gasteiger partial charge in [0.2, 0.25) is 11.7 Å². The molecule has 106 valence electrons. The lowest BCUT2D eigenvalue weighted by atomic mass is 10.1. The minimum absolute atomic E-state index is 0.241. The minimum Gasteiger partial charge on any atom is -0.439 e. The highest BCUT2D eigenvalue weighted by Crippen LogP contribution is 2.30. The summed E-state index contributed by atoms with van der Waals surface area (Å²) in [5.41, 5.74) is 7.20.